The van der Waals surface area contributed by atoms with Crippen molar-refractivity contribution in [2.24, 2.45) is 5.92 Å². The number of alkyl halides is 2. The molecule has 0 radical (unpaired) electrons. The number of aromatic nitrogens is 1. The molecule has 1 fully saturated rings. The minimum atomic E-state index is -1.31. The maximum atomic E-state index is 15.0. The van der Waals surface area contributed by atoms with Crippen LogP contribution in [0.25, 0.3) is 21.9 Å². The van der Waals surface area contributed by atoms with E-state index in [2.05, 4.69) is 64.2 Å². The van der Waals surface area contributed by atoms with E-state index in [-0.39, 0.29) is 24.7 Å². The first-order chi connectivity index (χ1) is 16.8. The lowest BCUT2D eigenvalue weighted by atomic mass is 9.87. The van der Waals surface area contributed by atoms with Gasteiger partial charge >= 0.3 is 0 Å². The molecule has 0 amide bonds. The fourth-order valence-corrected chi connectivity index (χ4v) is 6.04. The normalized spacial score (nSPS) is 22.1. The Bertz CT molecular complexity index is 1360. The van der Waals surface area contributed by atoms with E-state index < -0.39 is 5.67 Å². The second kappa shape index (κ2) is 8.45. The van der Waals surface area contributed by atoms with Crippen molar-refractivity contribution in [1.29, 1.82) is 0 Å². The maximum Gasteiger partial charge on any atom is 0.134 e. The van der Waals surface area contributed by atoms with Crippen molar-refractivity contribution < 1.29 is 13.2 Å². The highest BCUT2D eigenvalue weighted by molar-refractivity contribution is 5.86. The van der Waals surface area contributed by atoms with Crippen molar-refractivity contribution in [2.45, 2.75) is 51.5 Å². The largest absolute Gasteiger partial charge is 0.460 e. The standard InChI is InChI=1S/C29H33F2N3O/c1-18-10-24-23-6-4-5-7-25(23)32-27(24)28(34(18)17-29(2,3)31)20-8-9-26-21(11-20)12-22(35-26)16-33-14-19(13-30)15-33/h4-9,11-12,18-19,28,32H,10,13-17H2,1-3H3/t18-,28-/m1/s1. The van der Waals surface area contributed by atoms with Crippen molar-refractivity contribution in [3.05, 3.63) is 71.1 Å². The maximum absolute atomic E-state index is 15.0. The van der Waals surface area contributed by atoms with E-state index in [4.69, 9.17) is 4.42 Å². The third-order valence-corrected chi connectivity index (χ3v) is 7.61. The van der Waals surface area contributed by atoms with Gasteiger partial charge in [-0.3, -0.25) is 14.2 Å². The number of H-pyrrole nitrogens is 1. The van der Waals surface area contributed by atoms with E-state index in [0.717, 1.165) is 53.0 Å². The summed E-state index contributed by atoms with van der Waals surface area (Å²) in [7, 11) is 0. The zero-order chi connectivity index (χ0) is 24.3. The number of likely N-dealkylation sites (tertiary alicyclic amines) is 1. The smallest absolute Gasteiger partial charge is 0.134 e. The van der Waals surface area contributed by atoms with Gasteiger partial charge in [-0.25, -0.2) is 4.39 Å². The molecule has 6 rings (SSSR count). The summed E-state index contributed by atoms with van der Waals surface area (Å²) >= 11 is 0. The van der Waals surface area contributed by atoms with E-state index in [0.29, 0.717) is 13.1 Å². The highest BCUT2D eigenvalue weighted by Gasteiger charge is 2.38. The zero-order valence-electron chi connectivity index (χ0n) is 20.7. The van der Waals surface area contributed by atoms with Crippen LogP contribution in [0.5, 0.6) is 0 Å². The number of hydrogen-bond acceptors (Lipinski definition) is 3. The zero-order valence-corrected chi connectivity index (χ0v) is 20.7. The number of halogens is 2. The predicted molar refractivity (Wildman–Crippen MR) is 136 cm³/mol. The number of nitrogens with one attached hydrogen (secondary N) is 1. The lowest BCUT2D eigenvalue weighted by molar-refractivity contribution is 0.0668. The van der Waals surface area contributed by atoms with Gasteiger partial charge in [-0.15, -0.1) is 0 Å². The second-order valence-corrected chi connectivity index (χ2v) is 11.1. The fourth-order valence-electron chi connectivity index (χ4n) is 6.04. The van der Waals surface area contributed by atoms with Crippen LogP contribution in [0.1, 0.15) is 49.4 Å². The van der Waals surface area contributed by atoms with E-state index in [9.17, 15) is 8.78 Å². The van der Waals surface area contributed by atoms with Gasteiger partial charge in [0.2, 0.25) is 0 Å². The Kier molecular flexibility index (Phi) is 5.49. The summed E-state index contributed by atoms with van der Waals surface area (Å²) < 4.78 is 33.9. The van der Waals surface area contributed by atoms with Gasteiger partial charge in [0.15, 0.2) is 0 Å². The Labute approximate surface area is 204 Å². The van der Waals surface area contributed by atoms with Crippen molar-refractivity contribution in [1.82, 2.24) is 14.8 Å². The van der Waals surface area contributed by atoms with E-state index in [1.165, 1.54) is 10.9 Å². The number of hydrogen-bond donors (Lipinski definition) is 1. The molecule has 0 aliphatic carbocycles. The lowest BCUT2D eigenvalue weighted by Gasteiger charge is -2.43. The highest BCUT2D eigenvalue weighted by atomic mass is 19.1. The van der Waals surface area contributed by atoms with Gasteiger partial charge in [-0.05, 0) is 62.6 Å². The average Bonchev–Trinajstić information content (AvgIpc) is 3.35. The van der Waals surface area contributed by atoms with E-state index in [1.54, 1.807) is 13.8 Å². The van der Waals surface area contributed by atoms with Gasteiger partial charge in [-0.1, -0.05) is 24.3 Å². The molecule has 1 N–H and O–H groups in total. The topological polar surface area (TPSA) is 35.4 Å². The van der Waals surface area contributed by atoms with Crippen molar-refractivity contribution >= 4 is 21.9 Å². The first-order valence-electron chi connectivity index (χ1n) is 12.6. The van der Waals surface area contributed by atoms with Gasteiger partial charge in [0, 0.05) is 53.6 Å². The van der Waals surface area contributed by atoms with Crippen LogP contribution in [-0.4, -0.2) is 52.8 Å². The Balaban J connectivity index is 1.39. The molecule has 0 saturated carbocycles. The molecule has 0 spiro atoms. The molecular formula is C29H33F2N3O. The molecule has 2 aliphatic rings. The first kappa shape index (κ1) is 22.7. The minimum absolute atomic E-state index is 0.0698. The third kappa shape index (κ3) is 4.17. The SMILES string of the molecule is C[C@@H]1Cc2c([nH]c3ccccc23)[C@@H](c2ccc3oc(CN4CC(CF)C4)cc3c2)N1CC(C)(C)F. The van der Waals surface area contributed by atoms with Gasteiger partial charge in [0.05, 0.1) is 19.3 Å². The average molecular weight is 478 g/mol. The van der Waals surface area contributed by atoms with Crippen LogP contribution in [0.15, 0.2) is 52.9 Å². The summed E-state index contributed by atoms with van der Waals surface area (Å²) in [5.74, 6) is 1.06. The molecule has 2 atom stereocenters. The lowest BCUT2D eigenvalue weighted by Crippen LogP contribution is -2.47. The molecule has 6 heteroatoms. The molecule has 2 aliphatic heterocycles. The number of rotatable bonds is 6. The molecule has 184 valence electrons. The summed E-state index contributed by atoms with van der Waals surface area (Å²) in [6.45, 7) is 7.91. The van der Waals surface area contributed by atoms with Crippen LogP contribution in [0.4, 0.5) is 8.78 Å². The van der Waals surface area contributed by atoms with Gasteiger partial charge in [0.1, 0.15) is 17.0 Å². The Morgan fingerprint density at radius 3 is 2.69 bits per heavy atom. The summed E-state index contributed by atoms with van der Waals surface area (Å²) in [5, 5.41) is 2.31. The van der Waals surface area contributed by atoms with Crippen LogP contribution < -0.4 is 0 Å². The number of fused-ring (bicyclic) bond motifs is 4. The van der Waals surface area contributed by atoms with Crippen LogP contribution >= 0.6 is 0 Å². The molecule has 4 aromatic rings. The Hall–Kier alpha value is -2.70. The number of para-hydroxylation sites is 1. The van der Waals surface area contributed by atoms with Gasteiger partial charge in [-0.2, -0.15) is 0 Å². The summed E-state index contributed by atoms with van der Waals surface area (Å²) in [5.41, 5.74) is 4.30. The summed E-state index contributed by atoms with van der Waals surface area (Å²) in [4.78, 5) is 8.20. The molecule has 35 heavy (non-hydrogen) atoms. The van der Waals surface area contributed by atoms with E-state index in [1.807, 2.05) is 6.07 Å². The van der Waals surface area contributed by atoms with Crippen LogP contribution in [-0.2, 0) is 13.0 Å². The highest BCUT2D eigenvalue weighted by Crippen LogP contribution is 2.42. The molecule has 0 unspecified atom stereocenters. The first-order valence-corrected chi connectivity index (χ1v) is 12.6. The van der Waals surface area contributed by atoms with Gasteiger partial charge in [0.25, 0.3) is 0 Å². The van der Waals surface area contributed by atoms with Crippen molar-refractivity contribution in [3.8, 4) is 0 Å². The Morgan fingerprint density at radius 1 is 1.11 bits per heavy atom. The second-order valence-electron chi connectivity index (χ2n) is 11.1. The third-order valence-electron chi connectivity index (χ3n) is 7.61. The van der Waals surface area contributed by atoms with E-state index >= 15 is 0 Å². The van der Waals surface area contributed by atoms with Crippen LogP contribution in [0.3, 0.4) is 0 Å². The molecule has 2 aromatic heterocycles. The summed E-state index contributed by atoms with van der Waals surface area (Å²) in [6, 6.07) is 17.0. The van der Waals surface area contributed by atoms with Crippen LogP contribution in [0, 0.1) is 5.92 Å². The number of nitrogens with zero attached hydrogens (tertiary/aromatic N) is 2. The molecular weight excluding hydrogens is 444 g/mol. The number of furan rings is 1. The molecule has 4 nitrogen and oxygen atoms in total. The quantitative estimate of drug-likeness (QED) is 0.349. The van der Waals surface area contributed by atoms with Crippen molar-refractivity contribution in [3.63, 3.8) is 0 Å². The number of aromatic amines is 1. The minimum Gasteiger partial charge on any atom is -0.460 e. The number of benzene rings is 2. The van der Waals surface area contributed by atoms with Crippen molar-refractivity contribution in [2.75, 3.05) is 26.3 Å². The predicted octanol–water partition coefficient (Wildman–Crippen LogP) is 6.40. The monoisotopic (exact) mass is 477 g/mol. The van der Waals surface area contributed by atoms with Crippen LogP contribution in [0.2, 0.25) is 0 Å². The molecule has 1 saturated heterocycles. The Morgan fingerprint density at radius 2 is 1.91 bits per heavy atom. The molecule has 4 heterocycles. The molecule has 2 aromatic carbocycles. The summed E-state index contributed by atoms with van der Waals surface area (Å²) in [6.07, 6.45) is 0.889. The fraction of sp³-hybridized carbons (Fsp3) is 0.448. The molecule has 0 bridgehead atoms. The van der Waals surface area contributed by atoms with Gasteiger partial charge < -0.3 is 9.40 Å².